The molecule has 1 N–H and O–H groups in total. The Labute approximate surface area is 119 Å². The summed E-state index contributed by atoms with van der Waals surface area (Å²) in [7, 11) is 0. The average Bonchev–Trinajstić information content (AvgIpc) is 2.96. The van der Waals surface area contributed by atoms with E-state index in [1.807, 2.05) is 18.4 Å². The first kappa shape index (κ1) is 13.5. The summed E-state index contributed by atoms with van der Waals surface area (Å²) in [6.07, 6.45) is 6.22. The van der Waals surface area contributed by atoms with Crippen molar-refractivity contribution >= 4 is 0 Å². The summed E-state index contributed by atoms with van der Waals surface area (Å²) in [5.74, 6) is 2.01. The molecule has 1 aliphatic rings. The van der Waals surface area contributed by atoms with Crippen molar-refractivity contribution in [2.45, 2.75) is 45.4 Å². The van der Waals surface area contributed by atoms with Crippen LogP contribution in [0.2, 0.25) is 0 Å². The predicted octanol–water partition coefficient (Wildman–Crippen LogP) is 3.15. The Kier molecular flexibility index (Phi) is 4.23. The minimum absolute atomic E-state index is 0.736. The molecule has 2 aromatic heterocycles. The molecule has 0 saturated heterocycles. The van der Waals surface area contributed by atoms with Crippen LogP contribution in [0, 0.1) is 0 Å². The number of nitrogens with zero attached hydrogens (tertiary/aromatic N) is 1. The van der Waals surface area contributed by atoms with Crippen LogP contribution in [0.1, 0.15) is 36.8 Å². The van der Waals surface area contributed by atoms with Gasteiger partial charge in [-0.1, -0.05) is 6.92 Å². The van der Waals surface area contributed by atoms with Crippen LogP contribution in [0.3, 0.4) is 0 Å². The van der Waals surface area contributed by atoms with Gasteiger partial charge in [0, 0.05) is 18.2 Å². The molecule has 4 heteroatoms. The number of rotatable bonds is 8. The molecular weight excluding hydrogens is 252 g/mol. The fourth-order valence-corrected chi connectivity index (χ4v) is 2.27. The van der Waals surface area contributed by atoms with E-state index in [-0.39, 0.29) is 0 Å². The van der Waals surface area contributed by atoms with Gasteiger partial charge in [0.25, 0.3) is 0 Å². The van der Waals surface area contributed by atoms with Crippen LogP contribution in [0.5, 0.6) is 0 Å². The SMILES string of the molecule is CCN(Cc1ccco1)Cc1cc(CNC2CC2)co1. The summed E-state index contributed by atoms with van der Waals surface area (Å²) in [6.45, 7) is 5.68. The van der Waals surface area contributed by atoms with E-state index in [1.165, 1.54) is 18.4 Å². The molecule has 1 aliphatic carbocycles. The van der Waals surface area contributed by atoms with Gasteiger partial charge < -0.3 is 14.2 Å². The van der Waals surface area contributed by atoms with Crippen LogP contribution in [0.25, 0.3) is 0 Å². The first-order valence-corrected chi connectivity index (χ1v) is 7.38. The monoisotopic (exact) mass is 274 g/mol. The quantitative estimate of drug-likeness (QED) is 0.803. The summed E-state index contributed by atoms with van der Waals surface area (Å²) < 4.78 is 11.1. The fourth-order valence-electron chi connectivity index (χ4n) is 2.27. The molecule has 2 heterocycles. The highest BCUT2D eigenvalue weighted by Gasteiger charge is 2.20. The maximum absolute atomic E-state index is 5.66. The lowest BCUT2D eigenvalue weighted by Crippen LogP contribution is -2.21. The highest BCUT2D eigenvalue weighted by molar-refractivity contribution is 5.13. The maximum Gasteiger partial charge on any atom is 0.118 e. The molecular formula is C16H22N2O2. The van der Waals surface area contributed by atoms with E-state index in [4.69, 9.17) is 8.83 Å². The minimum atomic E-state index is 0.736. The second-order valence-electron chi connectivity index (χ2n) is 5.46. The van der Waals surface area contributed by atoms with Crippen molar-refractivity contribution in [2.24, 2.45) is 0 Å². The van der Waals surface area contributed by atoms with Crippen LogP contribution in [0.4, 0.5) is 0 Å². The molecule has 0 aliphatic heterocycles. The van der Waals surface area contributed by atoms with E-state index in [0.29, 0.717) is 0 Å². The van der Waals surface area contributed by atoms with Crippen molar-refractivity contribution in [2.75, 3.05) is 6.54 Å². The van der Waals surface area contributed by atoms with Crippen molar-refractivity contribution in [3.05, 3.63) is 47.8 Å². The molecule has 0 unspecified atom stereocenters. The summed E-state index contributed by atoms with van der Waals surface area (Å²) in [6, 6.07) is 6.83. The Balaban J connectivity index is 1.52. The molecule has 1 fully saturated rings. The molecule has 0 aromatic carbocycles. The average molecular weight is 274 g/mol. The van der Waals surface area contributed by atoms with E-state index in [1.54, 1.807) is 6.26 Å². The van der Waals surface area contributed by atoms with E-state index >= 15 is 0 Å². The van der Waals surface area contributed by atoms with Crippen LogP contribution in [-0.2, 0) is 19.6 Å². The van der Waals surface area contributed by atoms with Gasteiger partial charge in [0.05, 0.1) is 25.6 Å². The zero-order chi connectivity index (χ0) is 13.8. The summed E-state index contributed by atoms with van der Waals surface area (Å²) in [5.41, 5.74) is 1.24. The van der Waals surface area contributed by atoms with Crippen LogP contribution >= 0.6 is 0 Å². The Bertz CT molecular complexity index is 514. The lowest BCUT2D eigenvalue weighted by Gasteiger charge is -2.17. The van der Waals surface area contributed by atoms with Crippen molar-refractivity contribution in [3.63, 3.8) is 0 Å². The molecule has 1 saturated carbocycles. The minimum Gasteiger partial charge on any atom is -0.468 e. The molecule has 0 radical (unpaired) electrons. The molecule has 0 spiro atoms. The molecule has 0 amide bonds. The van der Waals surface area contributed by atoms with Crippen molar-refractivity contribution in [1.82, 2.24) is 10.2 Å². The topological polar surface area (TPSA) is 41.6 Å². The number of hydrogen-bond acceptors (Lipinski definition) is 4. The number of furan rings is 2. The Morgan fingerprint density at radius 2 is 2.10 bits per heavy atom. The summed E-state index contributed by atoms with van der Waals surface area (Å²) in [4.78, 5) is 2.30. The van der Waals surface area contributed by atoms with Gasteiger partial charge in [-0.05, 0) is 37.6 Å². The largest absolute Gasteiger partial charge is 0.468 e. The molecule has 20 heavy (non-hydrogen) atoms. The van der Waals surface area contributed by atoms with Crippen molar-refractivity contribution < 1.29 is 8.83 Å². The van der Waals surface area contributed by atoms with E-state index < -0.39 is 0 Å². The summed E-state index contributed by atoms with van der Waals surface area (Å²) in [5, 5.41) is 3.50. The van der Waals surface area contributed by atoms with E-state index in [2.05, 4.69) is 23.2 Å². The molecule has 2 aromatic rings. The molecule has 0 bridgehead atoms. The van der Waals surface area contributed by atoms with Gasteiger partial charge >= 0.3 is 0 Å². The molecule has 0 atom stereocenters. The Hall–Kier alpha value is -1.52. The molecule has 108 valence electrons. The molecule has 4 nitrogen and oxygen atoms in total. The second-order valence-corrected chi connectivity index (χ2v) is 5.46. The second kappa shape index (κ2) is 6.29. The smallest absolute Gasteiger partial charge is 0.118 e. The van der Waals surface area contributed by atoms with Crippen molar-refractivity contribution in [3.8, 4) is 0 Å². The maximum atomic E-state index is 5.66. The number of nitrogens with one attached hydrogen (secondary N) is 1. The lowest BCUT2D eigenvalue weighted by atomic mass is 10.3. The lowest BCUT2D eigenvalue weighted by molar-refractivity contribution is 0.229. The first-order chi connectivity index (χ1) is 9.83. The van der Waals surface area contributed by atoms with Gasteiger partial charge in [0.2, 0.25) is 0 Å². The first-order valence-electron chi connectivity index (χ1n) is 7.38. The third-order valence-corrected chi connectivity index (χ3v) is 3.67. The van der Waals surface area contributed by atoms with E-state index in [9.17, 15) is 0 Å². The Morgan fingerprint density at radius 3 is 2.80 bits per heavy atom. The molecule has 3 rings (SSSR count). The normalized spacial score (nSPS) is 15.1. The highest BCUT2D eigenvalue weighted by Crippen LogP contribution is 2.20. The Morgan fingerprint density at radius 1 is 1.25 bits per heavy atom. The van der Waals surface area contributed by atoms with Gasteiger partial charge in [0.1, 0.15) is 11.5 Å². The predicted molar refractivity (Wildman–Crippen MR) is 77.1 cm³/mol. The van der Waals surface area contributed by atoms with Crippen molar-refractivity contribution in [1.29, 1.82) is 0 Å². The fraction of sp³-hybridized carbons (Fsp3) is 0.500. The standard InChI is InChI=1S/C16H22N2O2/c1-2-18(10-15-4-3-7-19-15)11-16-8-13(12-20-16)9-17-14-5-6-14/h3-4,7-8,12,14,17H,2,5-6,9-11H2,1H3. The third-order valence-electron chi connectivity index (χ3n) is 3.67. The zero-order valence-electron chi connectivity index (χ0n) is 12.0. The van der Waals surface area contributed by atoms with Crippen LogP contribution < -0.4 is 5.32 Å². The van der Waals surface area contributed by atoms with Gasteiger partial charge in [-0.25, -0.2) is 0 Å². The van der Waals surface area contributed by atoms with E-state index in [0.717, 1.165) is 43.7 Å². The van der Waals surface area contributed by atoms with Gasteiger partial charge in [-0.3, -0.25) is 4.90 Å². The summed E-state index contributed by atoms with van der Waals surface area (Å²) >= 11 is 0. The van der Waals surface area contributed by atoms with Gasteiger partial charge in [-0.2, -0.15) is 0 Å². The third kappa shape index (κ3) is 3.74. The number of hydrogen-bond donors (Lipinski definition) is 1. The van der Waals surface area contributed by atoms with Gasteiger partial charge in [0.15, 0.2) is 0 Å². The van der Waals surface area contributed by atoms with Gasteiger partial charge in [-0.15, -0.1) is 0 Å². The van der Waals surface area contributed by atoms with Crippen LogP contribution in [0.15, 0.2) is 39.6 Å². The zero-order valence-corrected chi connectivity index (χ0v) is 12.0. The van der Waals surface area contributed by atoms with Crippen LogP contribution in [-0.4, -0.2) is 17.5 Å². The highest BCUT2D eigenvalue weighted by atomic mass is 16.3.